The van der Waals surface area contributed by atoms with Gasteiger partial charge >= 0.3 is 6.09 Å². The van der Waals surface area contributed by atoms with Crippen molar-refractivity contribution in [2.24, 2.45) is 0 Å². The van der Waals surface area contributed by atoms with Crippen molar-refractivity contribution in [1.29, 1.82) is 5.26 Å². The van der Waals surface area contributed by atoms with E-state index in [1.807, 2.05) is 6.07 Å². The van der Waals surface area contributed by atoms with Crippen molar-refractivity contribution in [3.05, 3.63) is 23.3 Å². The lowest BCUT2D eigenvalue weighted by Gasteiger charge is -2.25. The molecule has 76 valence electrons. The van der Waals surface area contributed by atoms with Gasteiger partial charge in [-0.3, -0.25) is 0 Å². The molecular formula is C9H8N4O2. The predicted molar refractivity (Wildman–Crippen MR) is 48.9 cm³/mol. The van der Waals surface area contributed by atoms with Gasteiger partial charge in [-0.2, -0.15) is 5.26 Å². The molecule has 1 aromatic rings. The Morgan fingerprint density at radius 3 is 3.07 bits per heavy atom. The summed E-state index contributed by atoms with van der Waals surface area (Å²) in [4.78, 5) is 19.8. The molecule has 0 fully saturated rings. The number of amides is 1. The summed E-state index contributed by atoms with van der Waals surface area (Å²) < 4.78 is 0. The Balaban J connectivity index is 2.36. The first-order chi connectivity index (χ1) is 7.22. The molecule has 0 radical (unpaired) electrons. The molecule has 0 aromatic carbocycles. The third kappa shape index (κ3) is 1.59. The lowest BCUT2D eigenvalue weighted by molar-refractivity contribution is 0.139. The van der Waals surface area contributed by atoms with Crippen LogP contribution in [0.2, 0.25) is 0 Å². The molecule has 1 aliphatic heterocycles. The van der Waals surface area contributed by atoms with Gasteiger partial charge in [0.05, 0.1) is 12.2 Å². The van der Waals surface area contributed by atoms with Crippen LogP contribution in [0.4, 0.5) is 4.79 Å². The van der Waals surface area contributed by atoms with Crippen molar-refractivity contribution in [2.45, 2.75) is 13.0 Å². The zero-order chi connectivity index (χ0) is 10.8. The van der Waals surface area contributed by atoms with Crippen LogP contribution < -0.4 is 0 Å². The Morgan fingerprint density at radius 2 is 2.40 bits per heavy atom. The molecule has 2 rings (SSSR count). The Bertz CT molecular complexity index is 452. The first-order valence-corrected chi connectivity index (χ1v) is 4.43. The Labute approximate surface area is 85.8 Å². The van der Waals surface area contributed by atoms with Gasteiger partial charge in [0.2, 0.25) is 0 Å². The van der Waals surface area contributed by atoms with Crippen LogP contribution in [0.5, 0.6) is 0 Å². The quantitative estimate of drug-likeness (QED) is 0.659. The van der Waals surface area contributed by atoms with Gasteiger partial charge in [-0.05, 0) is 6.42 Å². The lowest BCUT2D eigenvalue weighted by Crippen LogP contribution is -2.35. The highest BCUT2D eigenvalue weighted by Crippen LogP contribution is 2.18. The van der Waals surface area contributed by atoms with E-state index >= 15 is 0 Å². The van der Waals surface area contributed by atoms with Crippen LogP contribution in [0, 0.1) is 11.3 Å². The maximum absolute atomic E-state index is 10.7. The van der Waals surface area contributed by atoms with Crippen molar-refractivity contribution < 1.29 is 9.90 Å². The number of nitriles is 1. The summed E-state index contributed by atoms with van der Waals surface area (Å²) in [5, 5.41) is 17.6. The maximum Gasteiger partial charge on any atom is 0.407 e. The second kappa shape index (κ2) is 3.53. The number of rotatable bonds is 0. The molecule has 0 atom stereocenters. The van der Waals surface area contributed by atoms with Crippen molar-refractivity contribution in [3.63, 3.8) is 0 Å². The van der Waals surface area contributed by atoms with Gasteiger partial charge in [0.15, 0.2) is 0 Å². The molecule has 2 heterocycles. The van der Waals surface area contributed by atoms with Crippen molar-refractivity contribution in [2.75, 3.05) is 6.54 Å². The monoisotopic (exact) mass is 204 g/mol. The third-order valence-electron chi connectivity index (χ3n) is 2.38. The Hall–Kier alpha value is -2.16. The van der Waals surface area contributed by atoms with E-state index in [0.717, 1.165) is 5.56 Å². The molecule has 6 nitrogen and oxygen atoms in total. The number of carbonyl (C=O) groups is 1. The van der Waals surface area contributed by atoms with Gasteiger partial charge in [0, 0.05) is 12.1 Å². The van der Waals surface area contributed by atoms with Crippen LogP contribution in [0.3, 0.4) is 0 Å². The number of carboxylic acid groups (broad SMARTS) is 1. The molecule has 1 N–H and O–H groups in total. The number of hydrogen-bond donors (Lipinski definition) is 1. The molecule has 1 aromatic heterocycles. The second-order valence-corrected chi connectivity index (χ2v) is 3.21. The van der Waals surface area contributed by atoms with E-state index in [2.05, 4.69) is 9.97 Å². The van der Waals surface area contributed by atoms with Crippen LogP contribution in [0.1, 0.15) is 17.0 Å². The minimum atomic E-state index is -0.960. The molecular weight excluding hydrogens is 196 g/mol. The highest BCUT2D eigenvalue weighted by molar-refractivity contribution is 5.65. The normalized spacial score (nSPS) is 14.2. The van der Waals surface area contributed by atoms with Crippen molar-refractivity contribution in [3.8, 4) is 6.07 Å². The molecule has 0 aliphatic carbocycles. The average Bonchev–Trinajstić information content (AvgIpc) is 2.27. The van der Waals surface area contributed by atoms with Gasteiger partial charge in [-0.15, -0.1) is 0 Å². The predicted octanol–water partition coefficient (Wildman–Crippen LogP) is 0.384. The van der Waals surface area contributed by atoms with E-state index in [9.17, 15) is 4.79 Å². The summed E-state index contributed by atoms with van der Waals surface area (Å²) in [5.41, 5.74) is 1.76. The third-order valence-corrected chi connectivity index (χ3v) is 2.38. The SMILES string of the molecule is N#Cc1ncnc2c1CCN(C(=O)O)C2. The van der Waals surface area contributed by atoms with E-state index in [1.165, 1.54) is 11.2 Å². The lowest BCUT2D eigenvalue weighted by atomic mass is 10.0. The molecule has 0 saturated carbocycles. The van der Waals surface area contributed by atoms with Gasteiger partial charge < -0.3 is 10.0 Å². The molecule has 1 amide bonds. The molecule has 6 heteroatoms. The standard InChI is InChI=1S/C9H8N4O2/c10-3-7-6-1-2-13(9(14)15)4-8(6)12-5-11-7/h5H,1-2,4H2,(H,14,15). The average molecular weight is 204 g/mol. The van der Waals surface area contributed by atoms with Crippen LogP contribution in [0.25, 0.3) is 0 Å². The number of fused-ring (bicyclic) bond motifs is 1. The highest BCUT2D eigenvalue weighted by atomic mass is 16.4. The summed E-state index contributed by atoms with van der Waals surface area (Å²) in [6.45, 7) is 0.631. The second-order valence-electron chi connectivity index (χ2n) is 3.21. The summed E-state index contributed by atoms with van der Waals surface area (Å²) in [6.07, 6.45) is 0.839. The molecule has 0 unspecified atom stereocenters. The number of aromatic nitrogens is 2. The fourth-order valence-corrected chi connectivity index (χ4v) is 1.61. The zero-order valence-electron chi connectivity index (χ0n) is 7.84. The van der Waals surface area contributed by atoms with Gasteiger partial charge in [0.1, 0.15) is 18.1 Å². The zero-order valence-corrected chi connectivity index (χ0v) is 7.84. The summed E-state index contributed by atoms with van der Waals surface area (Å²) in [6, 6.07) is 1.98. The summed E-state index contributed by atoms with van der Waals surface area (Å²) >= 11 is 0. The minimum Gasteiger partial charge on any atom is -0.465 e. The smallest absolute Gasteiger partial charge is 0.407 e. The Morgan fingerprint density at radius 1 is 1.60 bits per heavy atom. The first-order valence-electron chi connectivity index (χ1n) is 4.43. The highest BCUT2D eigenvalue weighted by Gasteiger charge is 2.23. The van der Waals surface area contributed by atoms with Crippen LogP contribution >= 0.6 is 0 Å². The molecule has 0 saturated heterocycles. The maximum atomic E-state index is 10.7. The van der Waals surface area contributed by atoms with Crippen molar-refractivity contribution in [1.82, 2.24) is 14.9 Å². The largest absolute Gasteiger partial charge is 0.465 e. The molecule has 15 heavy (non-hydrogen) atoms. The number of nitrogens with zero attached hydrogens (tertiary/aromatic N) is 4. The summed E-state index contributed by atoms with van der Waals surface area (Å²) in [7, 11) is 0. The fraction of sp³-hybridized carbons (Fsp3) is 0.333. The summed E-state index contributed by atoms with van der Waals surface area (Å²) in [5.74, 6) is 0. The first kappa shape index (κ1) is 9.40. The van der Waals surface area contributed by atoms with E-state index in [0.29, 0.717) is 24.4 Å². The molecule has 0 spiro atoms. The van der Waals surface area contributed by atoms with Crippen LogP contribution in [-0.4, -0.2) is 32.6 Å². The van der Waals surface area contributed by atoms with E-state index < -0.39 is 6.09 Å². The van der Waals surface area contributed by atoms with Crippen LogP contribution in [-0.2, 0) is 13.0 Å². The van der Waals surface area contributed by atoms with Crippen molar-refractivity contribution >= 4 is 6.09 Å². The van der Waals surface area contributed by atoms with E-state index in [-0.39, 0.29) is 6.54 Å². The number of hydrogen-bond acceptors (Lipinski definition) is 4. The topological polar surface area (TPSA) is 90.1 Å². The molecule has 1 aliphatic rings. The Kier molecular flexibility index (Phi) is 2.21. The van der Waals surface area contributed by atoms with Gasteiger partial charge in [-0.1, -0.05) is 0 Å². The van der Waals surface area contributed by atoms with E-state index in [4.69, 9.17) is 10.4 Å². The van der Waals surface area contributed by atoms with Crippen LogP contribution in [0.15, 0.2) is 6.33 Å². The fourth-order valence-electron chi connectivity index (χ4n) is 1.61. The minimum absolute atomic E-state index is 0.238. The van der Waals surface area contributed by atoms with E-state index in [1.54, 1.807) is 0 Å². The van der Waals surface area contributed by atoms with Gasteiger partial charge in [-0.25, -0.2) is 14.8 Å². The van der Waals surface area contributed by atoms with Gasteiger partial charge in [0.25, 0.3) is 0 Å². The molecule has 0 bridgehead atoms.